The van der Waals surface area contributed by atoms with Crippen molar-refractivity contribution in [2.75, 3.05) is 10.6 Å². The quantitative estimate of drug-likeness (QED) is 0.418. The van der Waals surface area contributed by atoms with Gasteiger partial charge in [0, 0.05) is 21.2 Å². The van der Waals surface area contributed by atoms with Gasteiger partial charge in [0.05, 0.1) is 17.2 Å². The predicted molar refractivity (Wildman–Crippen MR) is 117 cm³/mol. The Labute approximate surface area is 194 Å². The molecule has 11 heteroatoms. The lowest BCUT2D eigenvalue weighted by molar-refractivity contribution is -0.140. The number of anilines is 2. The van der Waals surface area contributed by atoms with Crippen molar-refractivity contribution in [2.24, 2.45) is 0 Å². The molecule has 0 fully saturated rings. The monoisotopic (exact) mass is 497 g/mol. The number of hydrogen-bond donors (Lipinski definition) is 2. The average molecular weight is 498 g/mol. The summed E-state index contributed by atoms with van der Waals surface area (Å²) in [7, 11) is 0. The molecule has 0 aliphatic heterocycles. The summed E-state index contributed by atoms with van der Waals surface area (Å²) in [5.74, 6) is -3.05. The summed E-state index contributed by atoms with van der Waals surface area (Å²) in [5.41, 5.74) is -0.746. The Morgan fingerprint density at radius 2 is 1.82 bits per heavy atom. The van der Waals surface area contributed by atoms with Gasteiger partial charge in [0.15, 0.2) is 5.13 Å². The second-order valence-electron chi connectivity index (χ2n) is 7.41. The highest BCUT2D eigenvalue weighted by Crippen LogP contribution is 2.38. The van der Waals surface area contributed by atoms with E-state index in [-0.39, 0.29) is 11.6 Å². The second kappa shape index (κ2) is 9.11. The molecule has 1 aliphatic rings. The summed E-state index contributed by atoms with van der Waals surface area (Å²) in [6, 6.07) is 8.62. The van der Waals surface area contributed by atoms with Crippen molar-refractivity contribution in [3.8, 4) is 0 Å². The zero-order chi connectivity index (χ0) is 23.8. The number of carbonyl (C=O) groups excluding carboxylic acids is 2. The molecule has 1 atom stereocenters. The first kappa shape index (κ1) is 23.2. The first-order valence-electron chi connectivity index (χ1n) is 9.86. The van der Waals surface area contributed by atoms with Crippen LogP contribution in [0.2, 0.25) is 5.02 Å². The number of thiazole rings is 1. The molecule has 0 saturated carbocycles. The molecular formula is C22H16ClF4N3O2S. The summed E-state index contributed by atoms with van der Waals surface area (Å²) in [6.45, 7) is 0. The maximum absolute atomic E-state index is 13.5. The standard InChI is InChI=1S/C22H16ClF4N3O2S/c23-12-6-4-11(5-7-12)19(31)30-21-29-18-14(2-1-3-17(18)33-21)20(32)28-13-8-9-16(24)15(10-13)22(25,26)27/h4-10,14H,1-3H2,(H,28,32)(H,29,30,31). The van der Waals surface area contributed by atoms with Crippen LogP contribution < -0.4 is 10.6 Å². The van der Waals surface area contributed by atoms with Crippen LogP contribution in [0.3, 0.4) is 0 Å². The maximum Gasteiger partial charge on any atom is 0.419 e. The minimum absolute atomic E-state index is 0.160. The summed E-state index contributed by atoms with van der Waals surface area (Å²) in [6.07, 6.45) is -3.09. The van der Waals surface area contributed by atoms with E-state index in [0.717, 1.165) is 10.9 Å². The van der Waals surface area contributed by atoms with Gasteiger partial charge in [0.2, 0.25) is 5.91 Å². The molecule has 172 valence electrons. The van der Waals surface area contributed by atoms with Crippen LogP contribution in [0.1, 0.15) is 45.3 Å². The Kier molecular flexibility index (Phi) is 6.40. The van der Waals surface area contributed by atoms with Gasteiger partial charge in [-0.15, -0.1) is 11.3 Å². The lowest BCUT2D eigenvalue weighted by Crippen LogP contribution is -2.25. The molecule has 1 heterocycles. The van der Waals surface area contributed by atoms with E-state index in [1.807, 2.05) is 0 Å². The highest BCUT2D eigenvalue weighted by molar-refractivity contribution is 7.16. The zero-order valence-electron chi connectivity index (χ0n) is 16.8. The Bertz CT molecular complexity index is 1210. The number of rotatable bonds is 4. The molecule has 0 bridgehead atoms. The molecule has 1 aliphatic carbocycles. The fourth-order valence-corrected chi connectivity index (χ4v) is 4.73. The average Bonchev–Trinajstić information content (AvgIpc) is 3.17. The fraction of sp³-hybridized carbons (Fsp3) is 0.227. The molecule has 1 unspecified atom stereocenters. The van der Waals surface area contributed by atoms with Crippen molar-refractivity contribution in [1.82, 2.24) is 4.98 Å². The highest BCUT2D eigenvalue weighted by atomic mass is 35.5. The summed E-state index contributed by atoms with van der Waals surface area (Å²) >= 11 is 7.08. The first-order valence-corrected chi connectivity index (χ1v) is 11.1. The minimum atomic E-state index is -4.88. The number of aromatic nitrogens is 1. The molecule has 0 spiro atoms. The maximum atomic E-state index is 13.5. The number of halogens is 5. The van der Waals surface area contributed by atoms with Crippen LogP contribution in [-0.2, 0) is 17.4 Å². The Morgan fingerprint density at radius 1 is 1.09 bits per heavy atom. The number of fused-ring (bicyclic) bond motifs is 1. The van der Waals surface area contributed by atoms with E-state index in [0.29, 0.717) is 52.8 Å². The van der Waals surface area contributed by atoms with Gasteiger partial charge in [-0.25, -0.2) is 9.37 Å². The van der Waals surface area contributed by atoms with Crippen molar-refractivity contribution in [3.63, 3.8) is 0 Å². The molecular weight excluding hydrogens is 482 g/mol. The fourth-order valence-electron chi connectivity index (χ4n) is 3.55. The van der Waals surface area contributed by atoms with Crippen LogP contribution in [0.25, 0.3) is 0 Å². The number of aryl methyl sites for hydroxylation is 1. The van der Waals surface area contributed by atoms with Crippen molar-refractivity contribution < 1.29 is 27.2 Å². The molecule has 1 aromatic heterocycles. The van der Waals surface area contributed by atoms with Crippen molar-refractivity contribution in [3.05, 3.63) is 75.0 Å². The van der Waals surface area contributed by atoms with Gasteiger partial charge in [-0.2, -0.15) is 13.2 Å². The molecule has 33 heavy (non-hydrogen) atoms. The van der Waals surface area contributed by atoms with Gasteiger partial charge >= 0.3 is 6.18 Å². The lowest BCUT2D eigenvalue weighted by atomic mass is 9.90. The van der Waals surface area contributed by atoms with E-state index in [4.69, 9.17) is 11.6 Å². The van der Waals surface area contributed by atoms with Crippen LogP contribution in [0.5, 0.6) is 0 Å². The highest BCUT2D eigenvalue weighted by Gasteiger charge is 2.35. The third-order valence-electron chi connectivity index (χ3n) is 5.14. The van der Waals surface area contributed by atoms with Crippen LogP contribution >= 0.6 is 22.9 Å². The van der Waals surface area contributed by atoms with Gasteiger partial charge in [-0.3, -0.25) is 14.9 Å². The molecule has 2 N–H and O–H groups in total. The van der Waals surface area contributed by atoms with Gasteiger partial charge < -0.3 is 5.32 Å². The normalized spacial score (nSPS) is 15.6. The van der Waals surface area contributed by atoms with Crippen LogP contribution in [-0.4, -0.2) is 16.8 Å². The van der Waals surface area contributed by atoms with E-state index in [9.17, 15) is 27.2 Å². The smallest absolute Gasteiger partial charge is 0.325 e. The van der Waals surface area contributed by atoms with E-state index < -0.39 is 29.4 Å². The number of alkyl halides is 3. The number of hydrogen-bond acceptors (Lipinski definition) is 4. The number of carbonyl (C=O) groups is 2. The number of nitrogens with one attached hydrogen (secondary N) is 2. The SMILES string of the molecule is O=C(Nc1nc2c(s1)CCCC2C(=O)Nc1ccc(F)c(C(F)(F)F)c1)c1ccc(Cl)cc1. The summed E-state index contributed by atoms with van der Waals surface area (Å²) < 4.78 is 52.4. The number of amides is 2. The third kappa shape index (κ3) is 5.17. The summed E-state index contributed by atoms with van der Waals surface area (Å²) in [5, 5.41) is 5.95. The first-order chi connectivity index (χ1) is 15.6. The molecule has 0 radical (unpaired) electrons. The van der Waals surface area contributed by atoms with E-state index in [2.05, 4.69) is 15.6 Å². The zero-order valence-corrected chi connectivity index (χ0v) is 18.4. The van der Waals surface area contributed by atoms with Crippen molar-refractivity contribution in [2.45, 2.75) is 31.4 Å². The molecule has 2 aromatic carbocycles. The minimum Gasteiger partial charge on any atom is -0.325 e. The van der Waals surface area contributed by atoms with Gasteiger partial charge in [0.1, 0.15) is 5.82 Å². The van der Waals surface area contributed by atoms with Crippen LogP contribution in [0.4, 0.5) is 28.4 Å². The second-order valence-corrected chi connectivity index (χ2v) is 8.93. The topological polar surface area (TPSA) is 71.1 Å². The molecule has 4 rings (SSSR count). The molecule has 2 amide bonds. The van der Waals surface area contributed by atoms with Crippen LogP contribution in [0.15, 0.2) is 42.5 Å². The Hall–Kier alpha value is -2.98. The van der Waals surface area contributed by atoms with E-state index >= 15 is 0 Å². The van der Waals surface area contributed by atoms with Gasteiger partial charge in [0.25, 0.3) is 5.91 Å². The van der Waals surface area contributed by atoms with Gasteiger partial charge in [-0.05, 0) is 61.7 Å². The van der Waals surface area contributed by atoms with E-state index in [1.165, 1.54) is 11.3 Å². The van der Waals surface area contributed by atoms with Crippen molar-refractivity contribution in [1.29, 1.82) is 0 Å². The van der Waals surface area contributed by atoms with Gasteiger partial charge in [-0.1, -0.05) is 11.6 Å². The summed E-state index contributed by atoms with van der Waals surface area (Å²) in [4.78, 5) is 30.5. The molecule has 3 aromatic rings. The lowest BCUT2D eigenvalue weighted by Gasteiger charge is -2.20. The van der Waals surface area contributed by atoms with Crippen LogP contribution in [0, 0.1) is 5.82 Å². The van der Waals surface area contributed by atoms with E-state index in [1.54, 1.807) is 24.3 Å². The number of nitrogens with zero attached hydrogens (tertiary/aromatic N) is 1. The predicted octanol–water partition coefficient (Wildman–Crippen LogP) is 6.27. The Balaban J connectivity index is 1.51. The molecule has 0 saturated heterocycles. The molecule has 5 nitrogen and oxygen atoms in total. The third-order valence-corrected chi connectivity index (χ3v) is 6.44. The van der Waals surface area contributed by atoms with Crippen molar-refractivity contribution >= 4 is 45.6 Å². The Morgan fingerprint density at radius 3 is 2.52 bits per heavy atom. The largest absolute Gasteiger partial charge is 0.419 e. The number of benzene rings is 2.